The zero-order valence-corrected chi connectivity index (χ0v) is 11.4. The number of nitrogens with zero attached hydrogens (tertiary/aromatic N) is 2. The molecule has 0 radical (unpaired) electrons. The van der Waals surface area contributed by atoms with Crippen LogP contribution in [0, 0.1) is 0 Å². The van der Waals surface area contributed by atoms with Crippen molar-refractivity contribution in [3.63, 3.8) is 0 Å². The van der Waals surface area contributed by atoms with Crippen LogP contribution in [0.1, 0.15) is 19.8 Å². The Morgan fingerprint density at radius 1 is 1.50 bits per heavy atom. The smallest absolute Gasteiger partial charge is 0.214 e. The fraction of sp³-hybridized carbons (Fsp3) is 0.727. The highest BCUT2D eigenvalue weighted by atomic mass is 32.2. The summed E-state index contributed by atoms with van der Waals surface area (Å²) < 4.78 is 29.0. The Morgan fingerprint density at radius 2 is 2.22 bits per heavy atom. The molecule has 0 saturated carbocycles. The van der Waals surface area contributed by atoms with E-state index in [1.165, 1.54) is 0 Å². The predicted molar refractivity (Wildman–Crippen MR) is 69.6 cm³/mol. The Bertz CT molecular complexity index is 451. The van der Waals surface area contributed by atoms with Gasteiger partial charge in [-0.25, -0.2) is 18.1 Å². The summed E-state index contributed by atoms with van der Waals surface area (Å²) in [6.45, 7) is 4.03. The van der Waals surface area contributed by atoms with Gasteiger partial charge in [-0.1, -0.05) is 0 Å². The highest BCUT2D eigenvalue weighted by molar-refractivity contribution is 7.90. The van der Waals surface area contributed by atoms with Crippen LogP contribution in [0.15, 0.2) is 18.7 Å². The summed E-state index contributed by atoms with van der Waals surface area (Å²) in [7, 11) is -3.21. The molecule has 0 amide bonds. The highest BCUT2D eigenvalue weighted by Gasteiger charge is 2.28. The number of hydrogen-bond acceptors (Lipinski definition) is 4. The Morgan fingerprint density at radius 3 is 2.83 bits per heavy atom. The van der Waals surface area contributed by atoms with Crippen LogP contribution < -0.4 is 10.0 Å². The van der Waals surface area contributed by atoms with E-state index in [4.69, 9.17) is 0 Å². The Labute approximate surface area is 108 Å². The van der Waals surface area contributed by atoms with E-state index in [1.807, 2.05) is 17.7 Å². The van der Waals surface area contributed by atoms with Crippen molar-refractivity contribution in [3.05, 3.63) is 18.7 Å². The molecule has 1 unspecified atom stereocenters. The van der Waals surface area contributed by atoms with E-state index in [2.05, 4.69) is 15.0 Å². The molecule has 1 saturated heterocycles. The maximum absolute atomic E-state index is 12.2. The lowest BCUT2D eigenvalue weighted by Gasteiger charge is -2.25. The molecular weight excluding hydrogens is 252 g/mol. The zero-order valence-electron chi connectivity index (χ0n) is 10.5. The van der Waals surface area contributed by atoms with Crippen molar-refractivity contribution in [1.82, 2.24) is 19.6 Å². The fourth-order valence-electron chi connectivity index (χ4n) is 2.23. The van der Waals surface area contributed by atoms with Gasteiger partial charge in [0.2, 0.25) is 10.0 Å². The largest absolute Gasteiger partial charge is 0.336 e. The molecule has 1 aliphatic heterocycles. The van der Waals surface area contributed by atoms with Gasteiger partial charge in [-0.3, -0.25) is 0 Å². The summed E-state index contributed by atoms with van der Waals surface area (Å²) in [5, 5.41) is 2.91. The van der Waals surface area contributed by atoms with Crippen molar-refractivity contribution in [2.24, 2.45) is 0 Å². The molecule has 2 N–H and O–H groups in total. The van der Waals surface area contributed by atoms with E-state index in [1.54, 1.807) is 12.5 Å². The highest BCUT2D eigenvalue weighted by Crippen LogP contribution is 2.12. The van der Waals surface area contributed by atoms with E-state index in [-0.39, 0.29) is 11.3 Å². The standard InChI is InChI=1S/C11H20N4O2S/c1-10(8-15-7-6-13-9-15)14-18(16,17)11-2-4-12-5-3-11/h6-7,9-12,14H,2-5,8H2,1H3. The summed E-state index contributed by atoms with van der Waals surface area (Å²) in [5.74, 6) is 0. The van der Waals surface area contributed by atoms with Crippen LogP contribution in [0.3, 0.4) is 0 Å². The van der Waals surface area contributed by atoms with E-state index < -0.39 is 10.0 Å². The second-order valence-corrected chi connectivity index (χ2v) is 6.77. The third-order valence-corrected chi connectivity index (χ3v) is 5.21. The molecule has 1 aromatic heterocycles. The summed E-state index contributed by atoms with van der Waals surface area (Å²) >= 11 is 0. The number of imidazole rings is 1. The van der Waals surface area contributed by atoms with Crippen LogP contribution >= 0.6 is 0 Å². The minimum Gasteiger partial charge on any atom is -0.336 e. The van der Waals surface area contributed by atoms with E-state index >= 15 is 0 Å². The maximum atomic E-state index is 12.2. The van der Waals surface area contributed by atoms with Crippen molar-refractivity contribution >= 4 is 10.0 Å². The number of aromatic nitrogens is 2. The molecule has 0 aromatic carbocycles. The van der Waals surface area contributed by atoms with Crippen LogP contribution in [-0.2, 0) is 16.6 Å². The maximum Gasteiger partial charge on any atom is 0.214 e. The molecule has 0 aliphatic carbocycles. The minimum absolute atomic E-state index is 0.126. The molecule has 0 spiro atoms. The number of hydrogen-bond donors (Lipinski definition) is 2. The second kappa shape index (κ2) is 5.81. The summed E-state index contributed by atoms with van der Waals surface area (Å²) in [4.78, 5) is 3.94. The Kier molecular flexibility index (Phi) is 4.36. The van der Waals surface area contributed by atoms with E-state index in [0.29, 0.717) is 19.4 Å². The Balaban J connectivity index is 1.90. The molecule has 18 heavy (non-hydrogen) atoms. The molecule has 1 atom stereocenters. The number of sulfonamides is 1. The van der Waals surface area contributed by atoms with Crippen LogP contribution in [0.5, 0.6) is 0 Å². The van der Waals surface area contributed by atoms with Crippen LogP contribution in [0.2, 0.25) is 0 Å². The van der Waals surface area contributed by atoms with Gasteiger partial charge in [0.15, 0.2) is 0 Å². The third kappa shape index (κ3) is 3.54. The van der Waals surface area contributed by atoms with Crippen molar-refractivity contribution in [2.45, 2.75) is 37.6 Å². The number of nitrogens with one attached hydrogen (secondary N) is 2. The van der Waals surface area contributed by atoms with Crippen LogP contribution in [0.4, 0.5) is 0 Å². The molecule has 102 valence electrons. The lowest BCUT2D eigenvalue weighted by molar-refractivity contribution is 0.472. The number of piperidine rings is 1. The predicted octanol–water partition coefficient (Wildman–Crippen LogP) is -0.0570. The first-order valence-electron chi connectivity index (χ1n) is 6.25. The first kappa shape index (κ1) is 13.5. The van der Waals surface area contributed by atoms with E-state index in [0.717, 1.165) is 13.1 Å². The van der Waals surface area contributed by atoms with Crippen molar-refractivity contribution < 1.29 is 8.42 Å². The summed E-state index contributed by atoms with van der Waals surface area (Å²) in [5.41, 5.74) is 0. The van der Waals surface area contributed by atoms with Gasteiger partial charge in [0.05, 0.1) is 11.6 Å². The summed E-state index contributed by atoms with van der Waals surface area (Å²) in [6, 6.07) is -0.126. The minimum atomic E-state index is -3.21. The number of rotatable bonds is 5. The summed E-state index contributed by atoms with van der Waals surface area (Å²) in [6.07, 6.45) is 6.58. The van der Waals surface area contributed by atoms with E-state index in [9.17, 15) is 8.42 Å². The molecule has 1 fully saturated rings. The van der Waals surface area contributed by atoms with Crippen LogP contribution in [0.25, 0.3) is 0 Å². The average molecular weight is 272 g/mol. The quantitative estimate of drug-likeness (QED) is 0.787. The van der Waals surface area contributed by atoms with Gasteiger partial charge in [-0.2, -0.15) is 0 Å². The first-order chi connectivity index (χ1) is 8.58. The zero-order chi connectivity index (χ0) is 13.0. The van der Waals surface area contributed by atoms with Gasteiger partial charge in [0.25, 0.3) is 0 Å². The van der Waals surface area contributed by atoms with Crippen molar-refractivity contribution in [3.8, 4) is 0 Å². The molecule has 1 aromatic rings. The molecule has 2 heterocycles. The van der Waals surface area contributed by atoms with Crippen LogP contribution in [-0.4, -0.2) is 42.4 Å². The van der Waals surface area contributed by atoms with Gasteiger partial charge in [0.1, 0.15) is 0 Å². The second-order valence-electron chi connectivity index (χ2n) is 4.77. The fourth-order valence-corrected chi connectivity index (χ4v) is 3.91. The molecule has 6 nitrogen and oxygen atoms in total. The van der Waals surface area contributed by atoms with Gasteiger partial charge in [-0.05, 0) is 32.9 Å². The molecular formula is C11H20N4O2S. The molecule has 1 aliphatic rings. The van der Waals surface area contributed by atoms with Gasteiger partial charge < -0.3 is 9.88 Å². The molecule has 2 rings (SSSR count). The van der Waals surface area contributed by atoms with Gasteiger partial charge >= 0.3 is 0 Å². The molecule has 0 bridgehead atoms. The first-order valence-corrected chi connectivity index (χ1v) is 7.80. The lowest BCUT2D eigenvalue weighted by atomic mass is 10.2. The van der Waals surface area contributed by atoms with Crippen molar-refractivity contribution in [1.29, 1.82) is 0 Å². The SMILES string of the molecule is CC(Cn1ccnc1)NS(=O)(=O)C1CCNCC1. The third-order valence-electron chi connectivity index (χ3n) is 3.13. The monoisotopic (exact) mass is 272 g/mol. The normalized spacial score (nSPS) is 19.8. The topological polar surface area (TPSA) is 76.0 Å². The Hall–Kier alpha value is -0.920. The van der Waals surface area contributed by atoms with Crippen molar-refractivity contribution in [2.75, 3.05) is 13.1 Å². The van der Waals surface area contributed by atoms with Gasteiger partial charge in [0, 0.05) is 25.0 Å². The molecule has 7 heteroatoms. The lowest BCUT2D eigenvalue weighted by Crippen LogP contribution is -2.45. The van der Waals surface area contributed by atoms with Gasteiger partial charge in [-0.15, -0.1) is 0 Å². The average Bonchev–Trinajstić information content (AvgIpc) is 2.82.